The zero-order chi connectivity index (χ0) is 15.1. The summed E-state index contributed by atoms with van der Waals surface area (Å²) in [5.41, 5.74) is 0.753. The lowest BCUT2D eigenvalue weighted by molar-refractivity contribution is 0.599. The molecule has 0 radical (unpaired) electrons. The summed E-state index contributed by atoms with van der Waals surface area (Å²) in [5.74, 6) is 0.670. The zero-order valence-corrected chi connectivity index (χ0v) is 13.8. The summed E-state index contributed by atoms with van der Waals surface area (Å²) < 4.78 is 14.5. The Morgan fingerprint density at radius 2 is 2.14 bits per heavy atom. The predicted octanol–water partition coefficient (Wildman–Crippen LogP) is 3.40. The van der Waals surface area contributed by atoms with Crippen LogP contribution in [0.3, 0.4) is 0 Å². The topological polar surface area (TPSA) is 36.4 Å². The van der Waals surface area contributed by atoms with Crippen molar-refractivity contribution < 1.29 is 4.39 Å². The number of aryl methyl sites for hydroxylation is 1. The van der Waals surface area contributed by atoms with Crippen LogP contribution >= 0.6 is 15.9 Å². The number of hydrogen-bond donors (Lipinski definition) is 2. The second-order valence-corrected chi connectivity index (χ2v) is 6.04. The first-order valence-corrected chi connectivity index (χ1v) is 8.04. The van der Waals surface area contributed by atoms with Gasteiger partial charge in [-0.2, -0.15) is 0 Å². The minimum Gasteiger partial charge on any atom is -0.356 e. The van der Waals surface area contributed by atoms with Gasteiger partial charge in [-0.1, -0.05) is 34.1 Å². The van der Waals surface area contributed by atoms with Gasteiger partial charge in [-0.3, -0.25) is 4.99 Å². The van der Waals surface area contributed by atoms with Gasteiger partial charge < -0.3 is 10.6 Å². The maximum atomic E-state index is 13.7. The summed E-state index contributed by atoms with van der Waals surface area (Å²) in [6, 6.07) is 5.66. The lowest BCUT2D eigenvalue weighted by Gasteiger charge is -2.16. The van der Waals surface area contributed by atoms with E-state index >= 15 is 0 Å². The Balaban J connectivity index is 1.70. The Kier molecular flexibility index (Phi) is 6.23. The van der Waals surface area contributed by atoms with Gasteiger partial charge in [-0.25, -0.2) is 4.39 Å². The molecule has 1 aromatic rings. The minimum atomic E-state index is -0.149. The Bertz CT molecular complexity index is 520. The summed E-state index contributed by atoms with van der Waals surface area (Å²) in [5, 5.41) is 6.66. The molecule has 1 aromatic carbocycles. The van der Waals surface area contributed by atoms with Crippen molar-refractivity contribution in [1.82, 2.24) is 10.6 Å². The second-order valence-electron chi connectivity index (χ2n) is 5.12. The van der Waals surface area contributed by atoms with Gasteiger partial charge in [0.05, 0.1) is 0 Å². The van der Waals surface area contributed by atoms with Crippen LogP contribution in [0.15, 0.2) is 39.8 Å². The number of aliphatic imine (C=N–C) groups is 1. The molecule has 2 rings (SSSR count). The third-order valence-electron chi connectivity index (χ3n) is 3.50. The molecule has 1 aliphatic carbocycles. The molecule has 0 aliphatic heterocycles. The van der Waals surface area contributed by atoms with Crippen LogP contribution in [0.5, 0.6) is 0 Å². The van der Waals surface area contributed by atoms with Crippen molar-refractivity contribution in [3.8, 4) is 0 Å². The van der Waals surface area contributed by atoms with Crippen LogP contribution in [0.2, 0.25) is 0 Å². The van der Waals surface area contributed by atoms with Crippen LogP contribution in [-0.4, -0.2) is 25.6 Å². The van der Waals surface area contributed by atoms with Crippen LogP contribution in [0, 0.1) is 5.82 Å². The highest BCUT2D eigenvalue weighted by Gasteiger charge is 2.11. The summed E-state index contributed by atoms with van der Waals surface area (Å²) in [6.45, 7) is 0.773. The Morgan fingerprint density at radius 1 is 1.38 bits per heavy atom. The van der Waals surface area contributed by atoms with E-state index in [2.05, 4.69) is 43.7 Å². The number of benzene rings is 1. The molecule has 114 valence electrons. The van der Waals surface area contributed by atoms with Crippen molar-refractivity contribution in [2.75, 3.05) is 13.6 Å². The van der Waals surface area contributed by atoms with Crippen molar-refractivity contribution in [2.24, 2.45) is 4.99 Å². The lowest BCUT2D eigenvalue weighted by atomic mass is 10.1. The quantitative estimate of drug-likeness (QED) is 0.368. The molecular formula is C16H21BrFN3. The molecule has 0 saturated carbocycles. The summed E-state index contributed by atoms with van der Waals surface area (Å²) in [4.78, 5) is 4.21. The maximum absolute atomic E-state index is 13.7. The molecule has 3 nitrogen and oxygen atoms in total. The molecule has 0 unspecified atom stereocenters. The third-order valence-corrected chi connectivity index (χ3v) is 4.00. The number of rotatable bonds is 5. The monoisotopic (exact) mass is 353 g/mol. The first-order chi connectivity index (χ1) is 10.2. The molecule has 0 saturated heterocycles. The Labute approximate surface area is 133 Å². The van der Waals surface area contributed by atoms with Gasteiger partial charge in [0.15, 0.2) is 5.96 Å². The normalized spacial score (nSPS) is 15.5. The van der Waals surface area contributed by atoms with Crippen molar-refractivity contribution in [3.63, 3.8) is 0 Å². The van der Waals surface area contributed by atoms with E-state index in [0.29, 0.717) is 12.5 Å². The number of halogens is 2. The van der Waals surface area contributed by atoms with Crippen LogP contribution in [-0.2, 0) is 6.42 Å². The van der Waals surface area contributed by atoms with E-state index in [0.717, 1.165) is 41.8 Å². The van der Waals surface area contributed by atoms with Crippen molar-refractivity contribution >= 4 is 21.9 Å². The van der Waals surface area contributed by atoms with Crippen LogP contribution in [0.4, 0.5) is 4.39 Å². The first-order valence-electron chi connectivity index (χ1n) is 7.25. The van der Waals surface area contributed by atoms with Gasteiger partial charge in [0.2, 0.25) is 0 Å². The number of nitrogens with one attached hydrogen (secondary N) is 2. The number of nitrogens with zero attached hydrogens (tertiary/aromatic N) is 1. The van der Waals surface area contributed by atoms with E-state index in [1.54, 1.807) is 7.05 Å². The van der Waals surface area contributed by atoms with Gasteiger partial charge in [0, 0.05) is 24.1 Å². The highest BCUT2D eigenvalue weighted by Crippen LogP contribution is 2.16. The molecule has 0 fully saturated rings. The average Bonchev–Trinajstić information content (AvgIpc) is 2.97. The zero-order valence-electron chi connectivity index (χ0n) is 12.2. The summed E-state index contributed by atoms with van der Waals surface area (Å²) in [6.07, 6.45) is 8.04. The van der Waals surface area contributed by atoms with Gasteiger partial charge in [0.25, 0.3) is 0 Å². The van der Waals surface area contributed by atoms with E-state index < -0.39 is 0 Å². The summed E-state index contributed by atoms with van der Waals surface area (Å²) >= 11 is 3.27. The number of hydrogen-bond acceptors (Lipinski definition) is 1. The van der Waals surface area contributed by atoms with E-state index in [-0.39, 0.29) is 5.82 Å². The smallest absolute Gasteiger partial charge is 0.191 e. The fraction of sp³-hybridized carbons (Fsp3) is 0.438. The van der Waals surface area contributed by atoms with Gasteiger partial charge in [-0.15, -0.1) is 0 Å². The second kappa shape index (κ2) is 8.17. The molecule has 0 bridgehead atoms. The van der Waals surface area contributed by atoms with Gasteiger partial charge >= 0.3 is 0 Å². The van der Waals surface area contributed by atoms with Gasteiger partial charge in [-0.05, 0) is 43.4 Å². The molecule has 0 heterocycles. The molecule has 0 aromatic heterocycles. The molecule has 0 amide bonds. The van der Waals surface area contributed by atoms with E-state index in [4.69, 9.17) is 0 Å². The summed E-state index contributed by atoms with van der Waals surface area (Å²) in [7, 11) is 1.77. The van der Waals surface area contributed by atoms with E-state index in [9.17, 15) is 4.39 Å². The average molecular weight is 354 g/mol. The lowest BCUT2D eigenvalue weighted by Crippen LogP contribution is -2.42. The maximum Gasteiger partial charge on any atom is 0.191 e. The van der Waals surface area contributed by atoms with Crippen LogP contribution in [0.1, 0.15) is 24.8 Å². The molecular weight excluding hydrogens is 333 g/mol. The minimum absolute atomic E-state index is 0.149. The van der Waals surface area contributed by atoms with Crippen molar-refractivity contribution in [3.05, 3.63) is 46.2 Å². The van der Waals surface area contributed by atoms with Gasteiger partial charge in [0.1, 0.15) is 5.82 Å². The van der Waals surface area contributed by atoms with Crippen LogP contribution < -0.4 is 10.6 Å². The SMILES string of the molecule is CN=C(NCCCc1ccc(Br)cc1F)NC1CC=CC1. The van der Waals surface area contributed by atoms with Crippen molar-refractivity contribution in [1.29, 1.82) is 0 Å². The Hall–Kier alpha value is -1.36. The molecule has 0 atom stereocenters. The van der Waals surface area contributed by atoms with Crippen LogP contribution in [0.25, 0.3) is 0 Å². The molecule has 0 spiro atoms. The fourth-order valence-electron chi connectivity index (χ4n) is 2.33. The largest absolute Gasteiger partial charge is 0.356 e. The predicted molar refractivity (Wildman–Crippen MR) is 89.1 cm³/mol. The van der Waals surface area contributed by atoms with E-state index in [1.165, 1.54) is 6.07 Å². The molecule has 5 heteroatoms. The molecule has 21 heavy (non-hydrogen) atoms. The fourth-order valence-corrected chi connectivity index (χ4v) is 2.67. The Morgan fingerprint density at radius 3 is 2.81 bits per heavy atom. The first kappa shape index (κ1) is 16.0. The molecule has 2 N–H and O–H groups in total. The number of guanidine groups is 1. The van der Waals surface area contributed by atoms with Crippen molar-refractivity contribution in [2.45, 2.75) is 31.7 Å². The molecule has 1 aliphatic rings. The highest BCUT2D eigenvalue weighted by atomic mass is 79.9. The standard InChI is InChI=1S/C16H21BrFN3/c1-19-16(21-14-6-2-3-7-14)20-10-4-5-12-8-9-13(17)11-15(12)18/h2-3,8-9,11,14H,4-7,10H2,1H3,(H2,19,20,21). The highest BCUT2D eigenvalue weighted by molar-refractivity contribution is 9.10. The third kappa shape index (κ3) is 5.16. The van der Waals surface area contributed by atoms with E-state index in [1.807, 2.05) is 12.1 Å².